The maximum absolute atomic E-state index is 13.0. The van der Waals surface area contributed by atoms with Crippen LogP contribution in [-0.2, 0) is 14.3 Å². The van der Waals surface area contributed by atoms with Crippen molar-refractivity contribution in [2.45, 2.75) is 64.5 Å². The largest absolute Gasteiger partial charge is 0.497 e. The van der Waals surface area contributed by atoms with Crippen LogP contribution in [0.4, 0.5) is 0 Å². The van der Waals surface area contributed by atoms with Gasteiger partial charge in [0.2, 0.25) is 5.91 Å². The van der Waals surface area contributed by atoms with Gasteiger partial charge in [-0.2, -0.15) is 0 Å². The second kappa shape index (κ2) is 10.5. The Morgan fingerprint density at radius 1 is 1.24 bits per heavy atom. The van der Waals surface area contributed by atoms with Crippen molar-refractivity contribution in [3.8, 4) is 5.75 Å². The molecule has 0 spiro atoms. The van der Waals surface area contributed by atoms with Gasteiger partial charge in [-0.3, -0.25) is 4.79 Å². The molecule has 1 N–H and O–H groups in total. The van der Waals surface area contributed by atoms with Crippen molar-refractivity contribution < 1.29 is 19.1 Å². The molecule has 1 saturated carbocycles. The van der Waals surface area contributed by atoms with Crippen molar-refractivity contribution in [3.05, 3.63) is 52.2 Å². The Morgan fingerprint density at radius 2 is 2.03 bits per heavy atom. The van der Waals surface area contributed by atoms with Gasteiger partial charge >= 0.3 is 5.97 Å². The summed E-state index contributed by atoms with van der Waals surface area (Å²) in [6, 6.07) is 7.46. The van der Waals surface area contributed by atoms with Gasteiger partial charge in [-0.05, 0) is 49.8 Å². The molecule has 1 fully saturated rings. The monoisotopic (exact) mass is 469 g/mol. The number of fused-ring (bicyclic) bond motifs is 1. The maximum atomic E-state index is 13.0. The zero-order chi connectivity index (χ0) is 23.4. The molecule has 0 radical (unpaired) electrons. The fourth-order valence-corrected chi connectivity index (χ4v) is 5.62. The summed E-state index contributed by atoms with van der Waals surface area (Å²) >= 11 is 1.48. The van der Waals surface area contributed by atoms with Gasteiger partial charge in [0.15, 0.2) is 5.17 Å². The van der Waals surface area contributed by atoms with Gasteiger partial charge in [0.25, 0.3) is 0 Å². The third-order valence-electron chi connectivity index (χ3n) is 6.22. The van der Waals surface area contributed by atoms with Gasteiger partial charge in [-0.25, -0.2) is 9.79 Å². The van der Waals surface area contributed by atoms with E-state index in [1.54, 1.807) is 14.0 Å². The molecular weight excluding hydrogens is 438 g/mol. The summed E-state index contributed by atoms with van der Waals surface area (Å²) in [5.41, 5.74) is 2.82. The fourth-order valence-electron chi connectivity index (χ4n) is 4.66. The van der Waals surface area contributed by atoms with Gasteiger partial charge < -0.3 is 19.7 Å². The quantitative estimate of drug-likeness (QED) is 0.585. The highest BCUT2D eigenvalue weighted by molar-refractivity contribution is 8.16. The van der Waals surface area contributed by atoms with Crippen molar-refractivity contribution in [2.24, 2.45) is 4.99 Å². The van der Waals surface area contributed by atoms with Crippen LogP contribution in [-0.4, -0.2) is 41.7 Å². The Morgan fingerprint density at radius 3 is 2.76 bits per heavy atom. The molecule has 0 aromatic heterocycles. The molecule has 8 heteroatoms. The first kappa shape index (κ1) is 23.4. The summed E-state index contributed by atoms with van der Waals surface area (Å²) in [7, 11) is 1.62. The summed E-state index contributed by atoms with van der Waals surface area (Å²) in [5.74, 6) is 0.307. The molecule has 0 bridgehead atoms. The number of esters is 1. The van der Waals surface area contributed by atoms with Gasteiger partial charge in [-0.15, -0.1) is 0 Å². The van der Waals surface area contributed by atoms with Crippen molar-refractivity contribution in [1.82, 2.24) is 10.2 Å². The molecule has 7 nitrogen and oxygen atoms in total. The van der Waals surface area contributed by atoms with Crippen molar-refractivity contribution >= 4 is 28.8 Å². The number of amidine groups is 1. The van der Waals surface area contributed by atoms with Crippen LogP contribution in [0.2, 0.25) is 0 Å². The number of carbonyl (C=O) groups is 2. The number of aliphatic imine (C=N–C) groups is 1. The van der Waals surface area contributed by atoms with Crippen LogP contribution in [0.5, 0.6) is 5.75 Å². The Hall–Kier alpha value is -2.74. The SMILES string of the molecule is CCOC(=O)C1=C(C)N=C2SC=C(CC(=O)NC3CCCCC3)N2[C@H]1c1cccc(OC)c1. The number of amides is 1. The summed E-state index contributed by atoms with van der Waals surface area (Å²) in [6.07, 6.45) is 5.88. The minimum atomic E-state index is -0.449. The lowest BCUT2D eigenvalue weighted by molar-refractivity contribution is -0.139. The molecule has 2 aliphatic heterocycles. The summed E-state index contributed by atoms with van der Waals surface area (Å²) in [4.78, 5) is 32.6. The molecule has 4 rings (SSSR count). The number of carbonyl (C=O) groups excluding carboxylic acids is 2. The normalized spacial score (nSPS) is 20.7. The van der Waals surface area contributed by atoms with E-state index in [1.165, 1.54) is 18.2 Å². The molecule has 1 amide bonds. The lowest BCUT2D eigenvalue weighted by atomic mass is 9.93. The number of nitrogens with one attached hydrogen (secondary N) is 1. The predicted octanol–water partition coefficient (Wildman–Crippen LogP) is 4.67. The molecule has 1 aliphatic carbocycles. The van der Waals surface area contributed by atoms with E-state index < -0.39 is 12.0 Å². The predicted molar refractivity (Wildman–Crippen MR) is 130 cm³/mol. The number of hydrogen-bond acceptors (Lipinski definition) is 7. The van der Waals surface area contributed by atoms with E-state index in [9.17, 15) is 9.59 Å². The van der Waals surface area contributed by atoms with E-state index in [0.717, 1.165) is 42.1 Å². The zero-order valence-corrected chi connectivity index (χ0v) is 20.2. The minimum Gasteiger partial charge on any atom is -0.497 e. The van der Waals surface area contributed by atoms with E-state index in [-0.39, 0.29) is 25.0 Å². The van der Waals surface area contributed by atoms with Crippen LogP contribution < -0.4 is 10.1 Å². The van der Waals surface area contributed by atoms with E-state index in [2.05, 4.69) is 10.3 Å². The van der Waals surface area contributed by atoms with Crippen LogP contribution >= 0.6 is 11.8 Å². The number of methoxy groups -OCH3 is 1. The number of hydrogen-bond donors (Lipinski definition) is 1. The van der Waals surface area contributed by atoms with Crippen LogP contribution in [0.25, 0.3) is 0 Å². The smallest absolute Gasteiger partial charge is 0.338 e. The van der Waals surface area contributed by atoms with Crippen LogP contribution in [0, 0.1) is 0 Å². The van der Waals surface area contributed by atoms with E-state index in [0.29, 0.717) is 17.0 Å². The van der Waals surface area contributed by atoms with Crippen molar-refractivity contribution in [1.29, 1.82) is 0 Å². The first-order valence-electron chi connectivity index (χ1n) is 11.6. The van der Waals surface area contributed by atoms with Crippen molar-refractivity contribution in [3.63, 3.8) is 0 Å². The van der Waals surface area contributed by atoms with E-state index in [4.69, 9.17) is 9.47 Å². The lowest BCUT2D eigenvalue weighted by Crippen LogP contribution is -2.40. The number of ether oxygens (including phenoxy) is 2. The highest BCUT2D eigenvalue weighted by atomic mass is 32.2. The second-order valence-electron chi connectivity index (χ2n) is 8.47. The molecule has 1 aromatic rings. The van der Waals surface area contributed by atoms with Gasteiger partial charge in [0.1, 0.15) is 5.75 Å². The molecule has 33 heavy (non-hydrogen) atoms. The molecule has 3 aliphatic rings. The first-order chi connectivity index (χ1) is 16.0. The average molecular weight is 470 g/mol. The Balaban J connectivity index is 1.64. The van der Waals surface area contributed by atoms with Gasteiger partial charge in [0, 0.05) is 11.7 Å². The molecule has 1 atom stereocenters. The highest BCUT2D eigenvalue weighted by Crippen LogP contribution is 2.45. The third-order valence-corrected chi connectivity index (χ3v) is 7.11. The number of nitrogens with zero attached hydrogens (tertiary/aromatic N) is 2. The average Bonchev–Trinajstić information content (AvgIpc) is 3.20. The minimum absolute atomic E-state index is 0.00310. The third kappa shape index (κ3) is 5.11. The molecule has 176 valence electrons. The van der Waals surface area contributed by atoms with Crippen LogP contribution in [0.1, 0.15) is 64.0 Å². The van der Waals surface area contributed by atoms with E-state index in [1.807, 2.05) is 41.5 Å². The molecule has 0 unspecified atom stereocenters. The number of rotatable bonds is 7. The molecule has 0 saturated heterocycles. The Kier molecular flexibility index (Phi) is 7.42. The maximum Gasteiger partial charge on any atom is 0.338 e. The summed E-state index contributed by atoms with van der Waals surface area (Å²) in [6.45, 7) is 3.90. The number of allylic oxidation sites excluding steroid dienone is 1. The first-order valence-corrected chi connectivity index (χ1v) is 12.4. The second-order valence-corrected chi connectivity index (χ2v) is 9.31. The van der Waals surface area contributed by atoms with E-state index >= 15 is 0 Å². The topological polar surface area (TPSA) is 80.2 Å². The molecule has 2 heterocycles. The van der Waals surface area contributed by atoms with Crippen LogP contribution in [0.15, 0.2) is 51.6 Å². The molecule has 1 aromatic carbocycles. The highest BCUT2D eigenvalue weighted by Gasteiger charge is 2.41. The number of benzene rings is 1. The Labute approximate surface area is 199 Å². The Bertz CT molecular complexity index is 1010. The summed E-state index contributed by atoms with van der Waals surface area (Å²) < 4.78 is 10.8. The molecular formula is C25H31N3O4S. The zero-order valence-electron chi connectivity index (χ0n) is 19.4. The number of thioether (sulfide) groups is 1. The fraction of sp³-hybridized carbons (Fsp3) is 0.480. The summed E-state index contributed by atoms with van der Waals surface area (Å²) in [5, 5.41) is 5.92. The van der Waals surface area contributed by atoms with Crippen molar-refractivity contribution in [2.75, 3.05) is 13.7 Å². The lowest BCUT2D eigenvalue weighted by Gasteiger charge is -2.36. The van der Waals surface area contributed by atoms with Gasteiger partial charge in [0.05, 0.1) is 37.4 Å². The standard InChI is InChI=1S/C25H31N3O4S/c1-4-32-24(30)22-16(2)26-25-28(23(22)17-9-8-12-20(13-17)31-3)19(15-33-25)14-21(29)27-18-10-6-5-7-11-18/h8-9,12-13,15,18,23H,4-7,10-11,14H2,1-3H3,(H,27,29)/t23-/m0/s1. The van der Waals surface area contributed by atoms with Gasteiger partial charge in [-0.1, -0.05) is 43.2 Å². The van der Waals surface area contributed by atoms with Crippen LogP contribution in [0.3, 0.4) is 0 Å².